The summed E-state index contributed by atoms with van der Waals surface area (Å²) in [5.41, 5.74) is 11.1. The minimum absolute atomic E-state index is 0.0576. The Balaban J connectivity index is 1.94. The highest BCUT2D eigenvalue weighted by Gasteiger charge is 2.30. The molecule has 1 fully saturated rings. The second-order valence-electron chi connectivity index (χ2n) is 5.11. The Hall–Kier alpha value is -2.12. The number of nitrogens with one attached hydrogen (secondary N) is 1. The van der Waals surface area contributed by atoms with Crippen molar-refractivity contribution in [2.24, 2.45) is 11.5 Å². The molecule has 22 heavy (non-hydrogen) atoms. The largest absolute Gasteiger partial charge is 0.491 e. The zero-order chi connectivity index (χ0) is 15.9. The third-order valence-corrected chi connectivity index (χ3v) is 3.41. The van der Waals surface area contributed by atoms with Gasteiger partial charge < -0.3 is 26.3 Å². The molecule has 2 atom stereocenters. The minimum atomic E-state index is -0.493. The average Bonchev–Trinajstić information content (AvgIpc) is 2.98. The summed E-state index contributed by atoms with van der Waals surface area (Å²) in [6, 6.07) is 7.02. The summed E-state index contributed by atoms with van der Waals surface area (Å²) in [5, 5.41) is 2.79. The number of primary amides is 1. The molecule has 0 unspecified atom stereocenters. The topological polar surface area (TPSA) is 117 Å². The van der Waals surface area contributed by atoms with E-state index in [2.05, 4.69) is 5.32 Å². The summed E-state index contributed by atoms with van der Waals surface area (Å²) in [4.78, 5) is 22.9. The van der Waals surface area contributed by atoms with E-state index in [-0.39, 0.29) is 25.0 Å². The van der Waals surface area contributed by atoms with Gasteiger partial charge in [-0.1, -0.05) is 12.1 Å². The van der Waals surface area contributed by atoms with E-state index in [1.807, 2.05) is 0 Å². The van der Waals surface area contributed by atoms with Crippen molar-refractivity contribution in [2.75, 3.05) is 18.5 Å². The fourth-order valence-electron chi connectivity index (χ4n) is 2.24. The number of benzene rings is 1. The lowest BCUT2D eigenvalue weighted by atomic mass is 10.2. The van der Waals surface area contributed by atoms with Crippen molar-refractivity contribution < 1.29 is 19.1 Å². The molecule has 0 radical (unpaired) electrons. The van der Waals surface area contributed by atoms with Crippen LogP contribution < -0.4 is 21.5 Å². The van der Waals surface area contributed by atoms with Gasteiger partial charge in [-0.15, -0.1) is 0 Å². The van der Waals surface area contributed by atoms with Crippen LogP contribution in [-0.2, 0) is 14.3 Å². The lowest BCUT2D eigenvalue weighted by molar-refractivity contribution is -0.126. The molecule has 1 aliphatic rings. The first-order valence-electron chi connectivity index (χ1n) is 7.26. The molecule has 2 amide bonds. The summed E-state index contributed by atoms with van der Waals surface area (Å²) < 4.78 is 11.0. The number of carbonyl (C=O) groups is 2. The van der Waals surface area contributed by atoms with E-state index in [1.165, 1.54) is 0 Å². The quantitative estimate of drug-likeness (QED) is 0.673. The fraction of sp³-hybridized carbons (Fsp3) is 0.467. The van der Waals surface area contributed by atoms with Gasteiger partial charge in [0.1, 0.15) is 11.9 Å². The average molecular weight is 307 g/mol. The molecule has 1 aliphatic heterocycles. The molecule has 0 spiro atoms. The van der Waals surface area contributed by atoms with Gasteiger partial charge in [0, 0.05) is 6.54 Å². The number of anilines is 1. The zero-order valence-electron chi connectivity index (χ0n) is 12.3. The summed E-state index contributed by atoms with van der Waals surface area (Å²) in [5.74, 6) is -0.166. The molecule has 0 saturated carbocycles. The number of rotatable bonds is 7. The standard InChI is InChI=1S/C15H21N3O4/c16-9-10-5-6-13(22-10)15(20)18-11-3-1-2-4-12(11)21-8-7-14(17)19/h1-4,10,13H,5-9,16H2,(H2,17,19)(H,18,20)/t10-,13+/m1/s1. The van der Waals surface area contributed by atoms with Gasteiger partial charge in [-0.3, -0.25) is 9.59 Å². The Bertz CT molecular complexity index is 535. The van der Waals surface area contributed by atoms with Crippen LogP contribution in [0.5, 0.6) is 5.75 Å². The maximum absolute atomic E-state index is 12.2. The van der Waals surface area contributed by atoms with Crippen molar-refractivity contribution in [3.63, 3.8) is 0 Å². The van der Waals surface area contributed by atoms with Gasteiger partial charge in [0.25, 0.3) is 5.91 Å². The van der Waals surface area contributed by atoms with Crippen LogP contribution in [0.25, 0.3) is 0 Å². The molecular weight excluding hydrogens is 286 g/mol. The highest BCUT2D eigenvalue weighted by molar-refractivity contribution is 5.95. The lowest BCUT2D eigenvalue weighted by Gasteiger charge is -2.15. The number of ether oxygens (including phenoxy) is 2. The normalized spacial score (nSPS) is 20.6. The summed E-state index contributed by atoms with van der Waals surface area (Å²) in [7, 11) is 0. The van der Waals surface area contributed by atoms with Gasteiger partial charge in [0.05, 0.1) is 24.8 Å². The molecule has 2 rings (SSSR count). The van der Waals surface area contributed by atoms with E-state index < -0.39 is 12.0 Å². The second kappa shape index (κ2) is 7.77. The van der Waals surface area contributed by atoms with E-state index in [0.717, 1.165) is 6.42 Å². The van der Waals surface area contributed by atoms with Crippen molar-refractivity contribution in [3.05, 3.63) is 24.3 Å². The number of hydrogen-bond donors (Lipinski definition) is 3. The van der Waals surface area contributed by atoms with Crippen molar-refractivity contribution in [3.8, 4) is 5.75 Å². The van der Waals surface area contributed by atoms with Crippen LogP contribution in [0.3, 0.4) is 0 Å². The monoisotopic (exact) mass is 307 g/mol. The first kappa shape index (κ1) is 16.3. The molecule has 1 saturated heterocycles. The van der Waals surface area contributed by atoms with Gasteiger partial charge in [0.2, 0.25) is 5.91 Å². The molecule has 7 nitrogen and oxygen atoms in total. The molecule has 1 aromatic rings. The van der Waals surface area contributed by atoms with Crippen LogP contribution in [0.4, 0.5) is 5.69 Å². The van der Waals surface area contributed by atoms with Gasteiger partial charge >= 0.3 is 0 Å². The molecule has 0 aromatic heterocycles. The van der Waals surface area contributed by atoms with Crippen molar-refractivity contribution in [1.29, 1.82) is 0 Å². The number of para-hydroxylation sites is 2. The Labute approximate surface area is 128 Å². The zero-order valence-corrected chi connectivity index (χ0v) is 12.3. The minimum Gasteiger partial charge on any atom is -0.491 e. The smallest absolute Gasteiger partial charge is 0.253 e. The maximum Gasteiger partial charge on any atom is 0.253 e. The fourth-order valence-corrected chi connectivity index (χ4v) is 2.24. The van der Waals surface area contributed by atoms with Crippen molar-refractivity contribution >= 4 is 17.5 Å². The number of hydrogen-bond acceptors (Lipinski definition) is 5. The van der Waals surface area contributed by atoms with Crippen molar-refractivity contribution in [2.45, 2.75) is 31.5 Å². The Morgan fingerprint density at radius 3 is 2.77 bits per heavy atom. The molecule has 5 N–H and O–H groups in total. The van der Waals surface area contributed by atoms with E-state index in [4.69, 9.17) is 20.9 Å². The maximum atomic E-state index is 12.2. The molecule has 1 heterocycles. The van der Waals surface area contributed by atoms with Gasteiger partial charge in [-0.25, -0.2) is 0 Å². The molecule has 1 aromatic carbocycles. The van der Waals surface area contributed by atoms with Gasteiger partial charge in [-0.05, 0) is 25.0 Å². The number of amides is 2. The predicted octanol–water partition coefficient (Wildman–Crippen LogP) is 0.386. The van der Waals surface area contributed by atoms with E-state index >= 15 is 0 Å². The van der Waals surface area contributed by atoms with Crippen LogP contribution in [0.1, 0.15) is 19.3 Å². The lowest BCUT2D eigenvalue weighted by Crippen LogP contribution is -2.30. The van der Waals surface area contributed by atoms with E-state index in [1.54, 1.807) is 24.3 Å². The van der Waals surface area contributed by atoms with Crippen LogP contribution in [-0.4, -0.2) is 37.2 Å². The first-order chi connectivity index (χ1) is 10.6. The van der Waals surface area contributed by atoms with E-state index in [0.29, 0.717) is 24.4 Å². The molecule has 0 bridgehead atoms. The Morgan fingerprint density at radius 2 is 2.09 bits per heavy atom. The third kappa shape index (κ3) is 4.44. The molecule has 0 aliphatic carbocycles. The summed E-state index contributed by atoms with van der Waals surface area (Å²) in [6.07, 6.45) is 1.00. The SMILES string of the molecule is NC[C@H]1CC[C@@H](C(=O)Nc2ccccc2OCCC(N)=O)O1. The molecular formula is C15H21N3O4. The predicted molar refractivity (Wildman–Crippen MR) is 81.3 cm³/mol. The van der Waals surface area contributed by atoms with Crippen LogP contribution >= 0.6 is 0 Å². The summed E-state index contributed by atoms with van der Waals surface area (Å²) in [6.45, 7) is 0.577. The summed E-state index contributed by atoms with van der Waals surface area (Å²) >= 11 is 0. The number of carbonyl (C=O) groups excluding carboxylic acids is 2. The second-order valence-corrected chi connectivity index (χ2v) is 5.11. The van der Waals surface area contributed by atoms with Gasteiger partial charge in [-0.2, -0.15) is 0 Å². The highest BCUT2D eigenvalue weighted by Crippen LogP contribution is 2.26. The molecule has 120 valence electrons. The third-order valence-electron chi connectivity index (χ3n) is 3.41. The first-order valence-corrected chi connectivity index (χ1v) is 7.26. The Morgan fingerprint density at radius 1 is 1.32 bits per heavy atom. The van der Waals surface area contributed by atoms with Crippen molar-refractivity contribution in [1.82, 2.24) is 0 Å². The number of nitrogens with two attached hydrogens (primary N) is 2. The van der Waals surface area contributed by atoms with E-state index in [9.17, 15) is 9.59 Å². The Kier molecular flexibility index (Phi) is 5.74. The van der Waals surface area contributed by atoms with Crippen LogP contribution in [0.15, 0.2) is 24.3 Å². The van der Waals surface area contributed by atoms with Crippen LogP contribution in [0.2, 0.25) is 0 Å². The highest BCUT2D eigenvalue weighted by atomic mass is 16.5. The van der Waals surface area contributed by atoms with Gasteiger partial charge in [0.15, 0.2) is 0 Å². The van der Waals surface area contributed by atoms with Crippen LogP contribution in [0, 0.1) is 0 Å². The molecule has 7 heteroatoms.